The first-order valence-corrected chi connectivity index (χ1v) is 5.76. The number of benzene rings is 1. The van der Waals surface area contributed by atoms with Crippen LogP contribution in [0, 0.1) is 13.8 Å². The Balaban J connectivity index is 2.32. The molecule has 0 amide bonds. The Labute approximate surface area is 109 Å². The van der Waals surface area contributed by atoms with Gasteiger partial charge < -0.3 is 4.74 Å². The molecule has 0 atom stereocenters. The Hall–Kier alpha value is -1.32. The lowest BCUT2D eigenvalue weighted by molar-refractivity contribution is 0.455. The summed E-state index contributed by atoms with van der Waals surface area (Å²) in [5.41, 5.74) is 0.715. The molecule has 2 rings (SSSR count). The molecule has 0 aliphatic carbocycles. The van der Waals surface area contributed by atoms with Gasteiger partial charge in [-0.3, -0.25) is 0 Å². The third-order valence-electron chi connectivity index (χ3n) is 2.18. The summed E-state index contributed by atoms with van der Waals surface area (Å²) in [6.45, 7) is 3.58. The maximum Gasteiger partial charge on any atom is 0.226 e. The van der Waals surface area contributed by atoms with Crippen LogP contribution in [0.25, 0.3) is 0 Å². The summed E-state index contributed by atoms with van der Waals surface area (Å²) < 4.78 is 5.63. The average molecular weight is 269 g/mol. The van der Waals surface area contributed by atoms with E-state index in [-0.39, 0.29) is 0 Å². The van der Waals surface area contributed by atoms with Crippen LogP contribution in [0.5, 0.6) is 11.6 Å². The first-order chi connectivity index (χ1) is 8.06. The van der Waals surface area contributed by atoms with Crippen molar-refractivity contribution in [2.24, 2.45) is 0 Å². The van der Waals surface area contributed by atoms with Crippen molar-refractivity contribution >= 4 is 23.2 Å². The van der Waals surface area contributed by atoms with Gasteiger partial charge in [0, 0.05) is 10.6 Å². The van der Waals surface area contributed by atoms with Gasteiger partial charge >= 0.3 is 0 Å². The fourth-order valence-corrected chi connectivity index (χ4v) is 1.61. The zero-order valence-electron chi connectivity index (χ0n) is 9.37. The fraction of sp³-hybridized carbons (Fsp3) is 0.167. The third-order valence-corrected chi connectivity index (χ3v) is 2.80. The average Bonchev–Trinajstić information content (AvgIpc) is 2.28. The highest BCUT2D eigenvalue weighted by Crippen LogP contribution is 2.27. The molecule has 5 heteroatoms. The van der Waals surface area contributed by atoms with Gasteiger partial charge in [0.15, 0.2) is 0 Å². The van der Waals surface area contributed by atoms with E-state index in [2.05, 4.69) is 9.97 Å². The van der Waals surface area contributed by atoms with Gasteiger partial charge in [0.1, 0.15) is 16.7 Å². The molecule has 0 saturated heterocycles. The van der Waals surface area contributed by atoms with E-state index in [0.29, 0.717) is 33.2 Å². The summed E-state index contributed by atoms with van der Waals surface area (Å²) in [7, 11) is 0. The molecule has 88 valence electrons. The van der Waals surface area contributed by atoms with Crippen molar-refractivity contribution in [1.82, 2.24) is 9.97 Å². The maximum atomic E-state index is 5.96. The molecule has 2 aromatic rings. The van der Waals surface area contributed by atoms with E-state index in [4.69, 9.17) is 27.9 Å². The van der Waals surface area contributed by atoms with E-state index in [1.54, 1.807) is 31.2 Å². The van der Waals surface area contributed by atoms with Crippen molar-refractivity contribution < 1.29 is 4.74 Å². The molecule has 0 spiro atoms. The van der Waals surface area contributed by atoms with Crippen molar-refractivity contribution in [2.75, 3.05) is 0 Å². The van der Waals surface area contributed by atoms with Crippen molar-refractivity contribution in [3.63, 3.8) is 0 Å². The molecule has 0 radical (unpaired) electrons. The quantitative estimate of drug-likeness (QED) is 0.766. The van der Waals surface area contributed by atoms with Gasteiger partial charge in [0.25, 0.3) is 0 Å². The molecule has 1 heterocycles. The number of aromatic nitrogens is 2. The van der Waals surface area contributed by atoms with Crippen LogP contribution < -0.4 is 4.74 Å². The molecule has 0 aliphatic heterocycles. The molecular formula is C12H10Cl2N2O. The van der Waals surface area contributed by atoms with Gasteiger partial charge in [0.2, 0.25) is 5.88 Å². The number of hydrogen-bond acceptors (Lipinski definition) is 3. The predicted octanol–water partition coefficient (Wildman–Crippen LogP) is 4.19. The number of halogens is 2. The second-order valence-electron chi connectivity index (χ2n) is 3.55. The predicted molar refractivity (Wildman–Crippen MR) is 68.0 cm³/mol. The van der Waals surface area contributed by atoms with Crippen LogP contribution in [-0.4, -0.2) is 9.97 Å². The molecule has 3 nitrogen and oxygen atoms in total. The molecule has 0 aliphatic rings. The van der Waals surface area contributed by atoms with Crippen molar-refractivity contribution in [1.29, 1.82) is 0 Å². The van der Waals surface area contributed by atoms with E-state index < -0.39 is 0 Å². The minimum Gasteiger partial charge on any atom is -0.439 e. The number of aryl methyl sites for hydroxylation is 1. The summed E-state index contributed by atoms with van der Waals surface area (Å²) in [5.74, 6) is 1.70. The fourth-order valence-electron chi connectivity index (χ4n) is 1.28. The monoisotopic (exact) mass is 268 g/mol. The largest absolute Gasteiger partial charge is 0.439 e. The van der Waals surface area contributed by atoms with Crippen LogP contribution in [-0.2, 0) is 0 Å². The molecule has 1 aromatic heterocycles. The molecule has 1 aromatic carbocycles. The minimum atomic E-state index is 0.404. The van der Waals surface area contributed by atoms with Crippen LogP contribution in [0.4, 0.5) is 0 Å². The summed E-state index contributed by atoms with van der Waals surface area (Å²) in [4.78, 5) is 8.24. The number of hydrogen-bond donors (Lipinski definition) is 0. The van der Waals surface area contributed by atoms with Crippen LogP contribution in [0.3, 0.4) is 0 Å². The Morgan fingerprint density at radius 3 is 2.29 bits per heavy atom. The Morgan fingerprint density at radius 1 is 1.00 bits per heavy atom. The standard InChI is InChI=1S/C12H10Cl2N2O/c1-7-11(14)15-8(2)16-12(7)17-10-5-3-9(13)4-6-10/h3-6H,1-2H3. The lowest BCUT2D eigenvalue weighted by Gasteiger charge is -2.09. The van der Waals surface area contributed by atoms with Crippen LogP contribution in [0.15, 0.2) is 24.3 Å². The summed E-state index contributed by atoms with van der Waals surface area (Å²) in [5, 5.41) is 1.06. The Morgan fingerprint density at radius 2 is 1.65 bits per heavy atom. The molecule has 0 N–H and O–H groups in total. The van der Waals surface area contributed by atoms with Gasteiger partial charge in [-0.25, -0.2) is 4.98 Å². The third kappa shape index (κ3) is 2.87. The van der Waals surface area contributed by atoms with Gasteiger partial charge in [0.05, 0.1) is 0 Å². The van der Waals surface area contributed by atoms with Crippen molar-refractivity contribution in [2.45, 2.75) is 13.8 Å². The van der Waals surface area contributed by atoms with Crippen LogP contribution >= 0.6 is 23.2 Å². The molecule has 0 bridgehead atoms. The lowest BCUT2D eigenvalue weighted by atomic mass is 10.3. The highest BCUT2D eigenvalue weighted by Gasteiger charge is 2.09. The van der Waals surface area contributed by atoms with Crippen LogP contribution in [0.2, 0.25) is 10.2 Å². The van der Waals surface area contributed by atoms with E-state index in [1.807, 2.05) is 6.92 Å². The van der Waals surface area contributed by atoms with Gasteiger partial charge in [-0.1, -0.05) is 23.2 Å². The SMILES string of the molecule is Cc1nc(Cl)c(C)c(Oc2ccc(Cl)cc2)n1. The molecule has 0 fully saturated rings. The summed E-state index contributed by atoms with van der Waals surface area (Å²) in [6.07, 6.45) is 0. The maximum absolute atomic E-state index is 5.96. The highest BCUT2D eigenvalue weighted by molar-refractivity contribution is 6.30. The number of ether oxygens (including phenoxy) is 1. The van der Waals surface area contributed by atoms with Crippen LogP contribution in [0.1, 0.15) is 11.4 Å². The molecule has 17 heavy (non-hydrogen) atoms. The van der Waals surface area contributed by atoms with E-state index in [1.165, 1.54) is 0 Å². The first-order valence-electron chi connectivity index (χ1n) is 5.00. The lowest BCUT2D eigenvalue weighted by Crippen LogP contribution is -1.97. The minimum absolute atomic E-state index is 0.404. The highest BCUT2D eigenvalue weighted by atomic mass is 35.5. The second kappa shape index (κ2) is 4.90. The van der Waals surface area contributed by atoms with Gasteiger partial charge in [-0.2, -0.15) is 4.98 Å². The number of rotatable bonds is 2. The summed E-state index contributed by atoms with van der Waals surface area (Å²) in [6, 6.07) is 7.05. The Kier molecular flexibility index (Phi) is 3.50. The topological polar surface area (TPSA) is 35.0 Å². The molecule has 0 saturated carbocycles. The zero-order valence-corrected chi connectivity index (χ0v) is 10.9. The van der Waals surface area contributed by atoms with E-state index >= 15 is 0 Å². The normalized spacial score (nSPS) is 10.4. The van der Waals surface area contributed by atoms with Gasteiger partial charge in [-0.15, -0.1) is 0 Å². The molecule has 0 unspecified atom stereocenters. The summed E-state index contributed by atoms with van der Waals surface area (Å²) >= 11 is 11.8. The van der Waals surface area contributed by atoms with E-state index in [9.17, 15) is 0 Å². The second-order valence-corrected chi connectivity index (χ2v) is 4.34. The van der Waals surface area contributed by atoms with Crippen molar-refractivity contribution in [3.8, 4) is 11.6 Å². The van der Waals surface area contributed by atoms with Gasteiger partial charge in [-0.05, 0) is 38.1 Å². The van der Waals surface area contributed by atoms with Crippen molar-refractivity contribution in [3.05, 3.63) is 45.8 Å². The number of nitrogens with zero attached hydrogens (tertiary/aromatic N) is 2. The Bertz CT molecular complexity index is 541. The molecular weight excluding hydrogens is 259 g/mol. The van der Waals surface area contributed by atoms with E-state index in [0.717, 1.165) is 0 Å². The first kappa shape index (κ1) is 12.1. The smallest absolute Gasteiger partial charge is 0.226 e. The zero-order chi connectivity index (χ0) is 12.4.